The third kappa shape index (κ3) is 6.55. The molecule has 3 amide bonds. The van der Waals surface area contributed by atoms with Crippen LogP contribution in [0, 0.1) is 0 Å². The molecule has 14 heteroatoms. The number of primary amides is 1. The van der Waals surface area contributed by atoms with Crippen molar-refractivity contribution in [1.82, 2.24) is 14.1 Å². The van der Waals surface area contributed by atoms with E-state index in [2.05, 4.69) is 24.1 Å². The monoisotopic (exact) mass is 599 g/mol. The zero-order valence-corrected chi connectivity index (χ0v) is 24.6. The Labute approximate surface area is 238 Å². The van der Waals surface area contributed by atoms with Gasteiger partial charge < -0.3 is 20.7 Å². The predicted molar refractivity (Wildman–Crippen MR) is 151 cm³/mol. The topological polar surface area (TPSA) is 142 Å². The average Bonchev–Trinajstić information content (AvgIpc) is 3.26. The Morgan fingerprint density at radius 3 is 2.28 bits per heavy atom. The number of thiophene rings is 1. The first kappa shape index (κ1) is 30.8. The van der Waals surface area contributed by atoms with Crippen molar-refractivity contribution in [2.75, 3.05) is 44.6 Å². The largest absolute Gasteiger partial charge is 0.450 e. The number of hydrogen-bond acceptors (Lipinski definition) is 8. The predicted octanol–water partition coefficient (Wildman–Crippen LogP) is 2.75. The van der Waals surface area contributed by atoms with Gasteiger partial charge in [0.25, 0.3) is 11.8 Å². The number of benzene rings is 1. The summed E-state index contributed by atoms with van der Waals surface area (Å²) in [4.78, 5) is 42.0. The number of piperazine rings is 1. The van der Waals surface area contributed by atoms with E-state index in [9.17, 15) is 22.8 Å². The number of rotatable bonds is 7. The lowest BCUT2D eigenvalue weighted by Crippen LogP contribution is -2.50. The van der Waals surface area contributed by atoms with Gasteiger partial charge in [-0.25, -0.2) is 13.2 Å². The number of sulfonamides is 1. The van der Waals surface area contributed by atoms with E-state index in [1.54, 1.807) is 6.92 Å². The van der Waals surface area contributed by atoms with Gasteiger partial charge in [0.2, 0.25) is 10.0 Å². The van der Waals surface area contributed by atoms with Gasteiger partial charge in [0.05, 0.1) is 17.1 Å². The number of nitrogens with two attached hydrogens (primary N) is 1. The number of carbonyl (C=O) groups is 3. The first-order valence-corrected chi connectivity index (χ1v) is 14.8. The molecule has 0 radical (unpaired) electrons. The molecule has 0 atom stereocenters. The van der Waals surface area contributed by atoms with Crippen LogP contribution in [0.15, 0.2) is 29.2 Å². The van der Waals surface area contributed by atoms with Crippen molar-refractivity contribution in [2.24, 2.45) is 5.73 Å². The highest BCUT2D eigenvalue weighted by Gasteiger charge is 2.31. The van der Waals surface area contributed by atoms with Crippen molar-refractivity contribution in [2.45, 2.75) is 44.7 Å². The number of nitrogens with zero attached hydrogens (tertiary/aromatic N) is 3. The molecule has 0 aliphatic carbocycles. The Morgan fingerprint density at radius 1 is 1.08 bits per heavy atom. The quantitative estimate of drug-likeness (QED) is 0.498. The molecule has 2 aliphatic heterocycles. The Bertz CT molecular complexity index is 1320. The van der Waals surface area contributed by atoms with Gasteiger partial charge in [0.1, 0.15) is 5.00 Å². The molecule has 0 saturated carbocycles. The van der Waals surface area contributed by atoms with Gasteiger partial charge >= 0.3 is 6.09 Å². The maximum absolute atomic E-state index is 13.1. The second-order valence-electron chi connectivity index (χ2n) is 9.45. The number of halogens is 1. The standard InChI is InChI=1S/C25H33N5O6S2.ClH/c1-4-36-25(33)28-11-13-30(14-12-28)38(34,35)18-7-5-17(6-8-18)23(32)27-24-21(22(26)31)19-9-10-29(16(2)3)15-20(19)37-24;/h5-8,16H,4,9-15H2,1-3H3,(H2,26,31)(H,27,32);1H. The van der Waals surface area contributed by atoms with Crippen LogP contribution in [0.5, 0.6) is 0 Å². The molecule has 2 aliphatic rings. The molecule has 0 unspecified atom stereocenters. The number of hydrogen-bond donors (Lipinski definition) is 2. The molecule has 1 fully saturated rings. The molecule has 214 valence electrons. The van der Waals surface area contributed by atoms with E-state index in [0.29, 0.717) is 29.6 Å². The summed E-state index contributed by atoms with van der Waals surface area (Å²) in [5.74, 6) is -1.04. The molecule has 1 aromatic heterocycles. The lowest BCUT2D eigenvalue weighted by molar-refractivity contribution is 0.0933. The minimum atomic E-state index is -3.80. The van der Waals surface area contributed by atoms with Crippen molar-refractivity contribution < 1.29 is 27.5 Å². The van der Waals surface area contributed by atoms with Gasteiger partial charge in [0, 0.05) is 55.8 Å². The number of nitrogens with one attached hydrogen (secondary N) is 1. The first-order chi connectivity index (χ1) is 18.0. The Balaban J connectivity index is 0.00000420. The molecule has 3 heterocycles. The second-order valence-corrected chi connectivity index (χ2v) is 12.5. The summed E-state index contributed by atoms with van der Waals surface area (Å²) in [5.41, 5.74) is 7.16. The Morgan fingerprint density at radius 2 is 1.72 bits per heavy atom. The molecule has 0 spiro atoms. The van der Waals surface area contributed by atoms with Crippen molar-refractivity contribution >= 4 is 56.7 Å². The van der Waals surface area contributed by atoms with Gasteiger partial charge in [-0.05, 0) is 57.0 Å². The number of amides is 3. The summed E-state index contributed by atoms with van der Waals surface area (Å²) in [6.45, 7) is 8.47. The van der Waals surface area contributed by atoms with Crippen LogP contribution >= 0.6 is 23.7 Å². The van der Waals surface area contributed by atoms with Crippen LogP contribution in [0.3, 0.4) is 0 Å². The summed E-state index contributed by atoms with van der Waals surface area (Å²) in [7, 11) is -3.80. The fraction of sp³-hybridized carbons (Fsp3) is 0.480. The molecule has 4 rings (SSSR count). The van der Waals surface area contributed by atoms with Crippen LogP contribution in [-0.4, -0.2) is 85.8 Å². The molecule has 3 N–H and O–H groups in total. The Hall–Kier alpha value is -2.71. The number of fused-ring (bicyclic) bond motifs is 1. The van der Waals surface area contributed by atoms with E-state index < -0.39 is 27.9 Å². The van der Waals surface area contributed by atoms with Crippen LogP contribution in [0.1, 0.15) is 51.9 Å². The van der Waals surface area contributed by atoms with E-state index in [4.69, 9.17) is 10.5 Å². The molecule has 2 aromatic rings. The smallest absolute Gasteiger partial charge is 0.409 e. The van der Waals surface area contributed by atoms with Crippen LogP contribution in [-0.2, 0) is 27.7 Å². The fourth-order valence-corrected chi connectivity index (χ4v) is 7.34. The van der Waals surface area contributed by atoms with Crippen molar-refractivity contribution in [3.63, 3.8) is 0 Å². The molecule has 1 aromatic carbocycles. The SMILES string of the molecule is CCOC(=O)N1CCN(S(=O)(=O)c2ccc(C(=O)Nc3sc4c(c3C(N)=O)CCN(C(C)C)C4)cc2)CC1.Cl. The second kappa shape index (κ2) is 12.6. The van der Waals surface area contributed by atoms with E-state index in [1.807, 2.05) is 0 Å². The summed E-state index contributed by atoms with van der Waals surface area (Å²) >= 11 is 1.35. The van der Waals surface area contributed by atoms with E-state index >= 15 is 0 Å². The normalized spacial score (nSPS) is 16.4. The zero-order valence-electron chi connectivity index (χ0n) is 22.1. The van der Waals surface area contributed by atoms with Gasteiger partial charge in [-0.1, -0.05) is 0 Å². The summed E-state index contributed by atoms with van der Waals surface area (Å²) in [6.07, 6.45) is 0.224. The number of carbonyl (C=O) groups excluding carboxylic acids is 3. The van der Waals surface area contributed by atoms with Gasteiger partial charge in [0.15, 0.2) is 0 Å². The Kier molecular flexibility index (Phi) is 9.99. The maximum Gasteiger partial charge on any atom is 0.409 e. The van der Waals surface area contributed by atoms with Crippen LogP contribution in [0.2, 0.25) is 0 Å². The maximum atomic E-state index is 13.1. The van der Waals surface area contributed by atoms with E-state index in [-0.39, 0.29) is 55.7 Å². The third-order valence-electron chi connectivity index (χ3n) is 6.81. The van der Waals surface area contributed by atoms with Crippen molar-refractivity contribution in [1.29, 1.82) is 0 Å². The minimum absolute atomic E-state index is 0. The van der Waals surface area contributed by atoms with E-state index in [1.165, 1.54) is 44.8 Å². The summed E-state index contributed by atoms with van der Waals surface area (Å²) in [6, 6.07) is 6.01. The molecule has 11 nitrogen and oxygen atoms in total. The lowest BCUT2D eigenvalue weighted by Gasteiger charge is -2.33. The number of anilines is 1. The third-order valence-corrected chi connectivity index (χ3v) is 9.85. The molecule has 39 heavy (non-hydrogen) atoms. The van der Waals surface area contributed by atoms with Crippen LogP contribution < -0.4 is 11.1 Å². The minimum Gasteiger partial charge on any atom is -0.450 e. The highest BCUT2D eigenvalue weighted by molar-refractivity contribution is 7.89. The average molecular weight is 600 g/mol. The highest BCUT2D eigenvalue weighted by atomic mass is 35.5. The number of ether oxygens (including phenoxy) is 1. The van der Waals surface area contributed by atoms with Gasteiger partial charge in [-0.15, -0.1) is 23.7 Å². The molecule has 0 bridgehead atoms. The zero-order chi connectivity index (χ0) is 27.6. The lowest BCUT2D eigenvalue weighted by atomic mass is 10.0. The summed E-state index contributed by atoms with van der Waals surface area (Å²) in [5, 5.41) is 3.22. The van der Waals surface area contributed by atoms with Crippen LogP contribution in [0.4, 0.5) is 9.80 Å². The van der Waals surface area contributed by atoms with E-state index in [0.717, 1.165) is 17.0 Å². The van der Waals surface area contributed by atoms with Crippen molar-refractivity contribution in [3.8, 4) is 0 Å². The van der Waals surface area contributed by atoms with Gasteiger partial charge in [-0.2, -0.15) is 4.31 Å². The molecule has 1 saturated heterocycles. The first-order valence-electron chi connectivity index (χ1n) is 12.5. The van der Waals surface area contributed by atoms with Crippen LogP contribution in [0.25, 0.3) is 0 Å². The molecular weight excluding hydrogens is 566 g/mol. The summed E-state index contributed by atoms with van der Waals surface area (Å²) < 4.78 is 32.5. The molecular formula is C25H34ClN5O6S2. The fourth-order valence-electron chi connectivity index (χ4n) is 4.64. The highest BCUT2D eigenvalue weighted by Crippen LogP contribution is 2.37. The van der Waals surface area contributed by atoms with Crippen molar-refractivity contribution in [3.05, 3.63) is 45.8 Å². The van der Waals surface area contributed by atoms with Gasteiger partial charge in [-0.3, -0.25) is 14.5 Å².